The van der Waals surface area contributed by atoms with Gasteiger partial charge < -0.3 is 9.64 Å². The topological polar surface area (TPSA) is 73.6 Å². The highest BCUT2D eigenvalue weighted by Gasteiger charge is 2.32. The van der Waals surface area contributed by atoms with Crippen molar-refractivity contribution in [1.29, 1.82) is 5.26 Å². The van der Waals surface area contributed by atoms with Gasteiger partial charge in [0.05, 0.1) is 10.5 Å². The number of piperidine rings is 1. The van der Waals surface area contributed by atoms with E-state index in [-0.39, 0.29) is 16.2 Å². The molecular weight excluding hydrogens is 457 g/mol. The molecule has 4 rings (SSSR count). The lowest BCUT2D eigenvalue weighted by Gasteiger charge is -2.36. The van der Waals surface area contributed by atoms with Gasteiger partial charge >= 0.3 is 0 Å². The van der Waals surface area contributed by atoms with Gasteiger partial charge in [0.1, 0.15) is 17.6 Å². The molecule has 0 amide bonds. The Balaban J connectivity index is 1.50. The maximum atomic E-state index is 13.2. The molecule has 6 nitrogen and oxygen atoms in total. The number of nitrogens with zero attached hydrogens (tertiary/aromatic N) is 3. The van der Waals surface area contributed by atoms with Crippen LogP contribution in [0.1, 0.15) is 31.2 Å². The van der Waals surface area contributed by atoms with Crippen LogP contribution in [0, 0.1) is 11.3 Å². The van der Waals surface area contributed by atoms with E-state index in [0.29, 0.717) is 34.9 Å². The SMILES string of the molecule is N#Cc1cc(S(=O)(=O)N2CCC(N3CCCC3)CC2)ccc1Oc1cc(Cl)cc(Cl)c1. The Morgan fingerprint density at radius 1 is 0.968 bits per heavy atom. The van der Waals surface area contributed by atoms with E-state index in [2.05, 4.69) is 4.90 Å². The molecule has 2 aliphatic rings. The maximum Gasteiger partial charge on any atom is 0.243 e. The van der Waals surface area contributed by atoms with Crippen LogP contribution in [0.15, 0.2) is 41.3 Å². The monoisotopic (exact) mass is 479 g/mol. The van der Waals surface area contributed by atoms with E-state index in [4.69, 9.17) is 27.9 Å². The quantitative estimate of drug-likeness (QED) is 0.608. The summed E-state index contributed by atoms with van der Waals surface area (Å²) in [7, 11) is -3.68. The Labute approximate surface area is 193 Å². The molecule has 0 bridgehead atoms. The lowest BCUT2D eigenvalue weighted by atomic mass is 10.1. The number of ether oxygens (including phenoxy) is 1. The number of hydrogen-bond acceptors (Lipinski definition) is 5. The molecule has 2 aliphatic heterocycles. The van der Waals surface area contributed by atoms with Crippen LogP contribution in [-0.2, 0) is 10.0 Å². The van der Waals surface area contributed by atoms with E-state index in [9.17, 15) is 13.7 Å². The highest BCUT2D eigenvalue weighted by atomic mass is 35.5. The van der Waals surface area contributed by atoms with Gasteiger partial charge in [0.2, 0.25) is 10.0 Å². The molecule has 2 aromatic rings. The van der Waals surface area contributed by atoms with Crippen molar-refractivity contribution < 1.29 is 13.2 Å². The van der Waals surface area contributed by atoms with E-state index < -0.39 is 10.0 Å². The Morgan fingerprint density at radius 3 is 2.23 bits per heavy atom. The van der Waals surface area contributed by atoms with Gasteiger partial charge in [-0.15, -0.1) is 0 Å². The number of likely N-dealkylation sites (tertiary alicyclic amines) is 1. The molecule has 164 valence electrons. The van der Waals surface area contributed by atoms with Crippen molar-refractivity contribution in [2.75, 3.05) is 26.2 Å². The standard InChI is InChI=1S/C22H23Cl2N3O3S/c23-17-12-18(24)14-20(13-17)30-22-4-3-21(11-16(22)15-25)31(28,29)27-9-5-19(6-10-27)26-7-1-2-8-26/h3-4,11-14,19H,1-2,5-10H2. The van der Waals surface area contributed by atoms with Crippen molar-refractivity contribution in [2.24, 2.45) is 0 Å². The fourth-order valence-corrected chi connectivity index (χ4v) is 6.27. The molecule has 0 atom stereocenters. The van der Waals surface area contributed by atoms with Crippen molar-refractivity contribution in [1.82, 2.24) is 9.21 Å². The smallest absolute Gasteiger partial charge is 0.243 e. The fourth-order valence-electron chi connectivity index (χ4n) is 4.26. The van der Waals surface area contributed by atoms with Crippen molar-refractivity contribution in [2.45, 2.75) is 36.6 Å². The zero-order valence-corrected chi connectivity index (χ0v) is 19.3. The van der Waals surface area contributed by atoms with Gasteiger partial charge in [0, 0.05) is 29.2 Å². The summed E-state index contributed by atoms with van der Waals surface area (Å²) in [6, 6.07) is 11.5. The highest BCUT2D eigenvalue weighted by molar-refractivity contribution is 7.89. The third kappa shape index (κ3) is 5.00. The molecule has 0 spiro atoms. The van der Waals surface area contributed by atoms with Crippen LogP contribution in [-0.4, -0.2) is 49.8 Å². The van der Waals surface area contributed by atoms with Crippen molar-refractivity contribution >= 4 is 33.2 Å². The van der Waals surface area contributed by atoms with E-state index in [1.54, 1.807) is 18.2 Å². The molecule has 0 N–H and O–H groups in total. The zero-order chi connectivity index (χ0) is 22.0. The first kappa shape index (κ1) is 22.4. The first-order valence-corrected chi connectivity index (χ1v) is 12.5. The number of halogens is 2. The predicted molar refractivity (Wildman–Crippen MR) is 120 cm³/mol. The van der Waals surface area contributed by atoms with Gasteiger partial charge in [-0.3, -0.25) is 0 Å². The minimum Gasteiger partial charge on any atom is -0.456 e. The molecule has 0 radical (unpaired) electrons. The van der Waals surface area contributed by atoms with E-state index in [0.717, 1.165) is 25.9 Å². The number of nitriles is 1. The summed E-state index contributed by atoms with van der Waals surface area (Å²) in [5.74, 6) is 0.612. The molecule has 2 saturated heterocycles. The lowest BCUT2D eigenvalue weighted by Crippen LogP contribution is -2.45. The molecule has 31 heavy (non-hydrogen) atoms. The van der Waals surface area contributed by atoms with Crippen LogP contribution in [0.2, 0.25) is 10.0 Å². The Hall–Kier alpha value is -1.82. The average molecular weight is 480 g/mol. The van der Waals surface area contributed by atoms with Crippen LogP contribution in [0.5, 0.6) is 11.5 Å². The lowest BCUT2D eigenvalue weighted by molar-refractivity contribution is 0.168. The van der Waals surface area contributed by atoms with Crippen molar-refractivity contribution in [3.8, 4) is 17.6 Å². The number of benzene rings is 2. The maximum absolute atomic E-state index is 13.2. The summed E-state index contributed by atoms with van der Waals surface area (Å²) in [5, 5.41) is 10.4. The third-order valence-corrected chi connectivity index (χ3v) is 8.18. The van der Waals surface area contributed by atoms with Gasteiger partial charge in [-0.05, 0) is 75.2 Å². The van der Waals surface area contributed by atoms with Crippen molar-refractivity contribution in [3.63, 3.8) is 0 Å². The third-order valence-electron chi connectivity index (χ3n) is 5.85. The van der Waals surface area contributed by atoms with Crippen LogP contribution in [0.3, 0.4) is 0 Å². The molecule has 0 unspecified atom stereocenters. The molecule has 2 fully saturated rings. The summed E-state index contributed by atoms with van der Waals surface area (Å²) in [6.45, 7) is 3.21. The second-order valence-electron chi connectivity index (χ2n) is 7.86. The molecule has 2 heterocycles. The summed E-state index contributed by atoms with van der Waals surface area (Å²) < 4.78 is 33.6. The van der Waals surface area contributed by atoms with Gasteiger partial charge in [-0.2, -0.15) is 9.57 Å². The highest BCUT2D eigenvalue weighted by Crippen LogP contribution is 2.32. The number of rotatable bonds is 5. The van der Waals surface area contributed by atoms with Gasteiger partial charge in [-0.25, -0.2) is 8.42 Å². The summed E-state index contributed by atoms with van der Waals surface area (Å²) in [5.41, 5.74) is 0.129. The second-order valence-corrected chi connectivity index (χ2v) is 10.7. The number of hydrogen-bond donors (Lipinski definition) is 0. The van der Waals surface area contributed by atoms with E-state index >= 15 is 0 Å². The molecule has 0 aromatic heterocycles. The van der Waals surface area contributed by atoms with Gasteiger partial charge in [0.25, 0.3) is 0 Å². The molecular formula is C22H23Cl2N3O3S. The summed E-state index contributed by atoms with van der Waals surface area (Å²) >= 11 is 12.0. The van der Waals surface area contributed by atoms with E-state index in [1.807, 2.05) is 6.07 Å². The Kier molecular flexibility index (Phi) is 6.75. The second kappa shape index (κ2) is 9.35. The van der Waals surface area contributed by atoms with Gasteiger partial charge in [0.15, 0.2) is 0 Å². The van der Waals surface area contributed by atoms with Gasteiger partial charge in [-0.1, -0.05) is 23.2 Å². The van der Waals surface area contributed by atoms with Crippen LogP contribution < -0.4 is 4.74 Å². The van der Waals surface area contributed by atoms with Crippen LogP contribution >= 0.6 is 23.2 Å². The first-order chi connectivity index (χ1) is 14.9. The average Bonchev–Trinajstić information content (AvgIpc) is 3.28. The normalized spacial score (nSPS) is 18.7. The Morgan fingerprint density at radius 2 is 1.61 bits per heavy atom. The first-order valence-electron chi connectivity index (χ1n) is 10.3. The van der Waals surface area contributed by atoms with E-state index in [1.165, 1.54) is 35.3 Å². The molecule has 0 aliphatic carbocycles. The molecule has 0 saturated carbocycles. The predicted octanol–water partition coefficient (Wildman–Crippen LogP) is 4.91. The minimum absolute atomic E-state index is 0.0974. The Bertz CT molecular complexity index is 1080. The van der Waals surface area contributed by atoms with Crippen LogP contribution in [0.25, 0.3) is 0 Å². The molecule has 9 heteroatoms. The molecule has 2 aromatic carbocycles. The minimum atomic E-state index is -3.68. The largest absolute Gasteiger partial charge is 0.456 e. The van der Waals surface area contributed by atoms with Crippen LogP contribution in [0.4, 0.5) is 0 Å². The zero-order valence-electron chi connectivity index (χ0n) is 16.9. The van der Waals surface area contributed by atoms with Crippen molar-refractivity contribution in [3.05, 3.63) is 52.0 Å². The fraction of sp³-hybridized carbons (Fsp3) is 0.409. The summed E-state index contributed by atoms with van der Waals surface area (Å²) in [4.78, 5) is 2.58. The number of sulfonamides is 1. The summed E-state index contributed by atoms with van der Waals surface area (Å²) in [6.07, 6.45) is 4.12.